The van der Waals surface area contributed by atoms with E-state index in [2.05, 4.69) is 17.5 Å². The van der Waals surface area contributed by atoms with E-state index < -0.39 is 0 Å². The lowest BCUT2D eigenvalue weighted by Gasteiger charge is -2.08. The van der Waals surface area contributed by atoms with Gasteiger partial charge >= 0.3 is 0 Å². The summed E-state index contributed by atoms with van der Waals surface area (Å²) in [5.74, 6) is 0.651. The predicted molar refractivity (Wildman–Crippen MR) is 68.1 cm³/mol. The summed E-state index contributed by atoms with van der Waals surface area (Å²) in [5.41, 5.74) is 0.944. The summed E-state index contributed by atoms with van der Waals surface area (Å²) in [4.78, 5) is 12.4. The number of carbonyl (C=O) groups excluding carboxylic acids is 1. The van der Waals surface area contributed by atoms with Gasteiger partial charge in [0, 0.05) is 16.2 Å². The maximum absolute atomic E-state index is 12.4. The van der Waals surface area contributed by atoms with Crippen molar-refractivity contribution in [1.29, 1.82) is 0 Å². The summed E-state index contributed by atoms with van der Waals surface area (Å²) in [6.45, 7) is 0. The molecule has 16 heavy (non-hydrogen) atoms. The second kappa shape index (κ2) is 4.02. The van der Waals surface area contributed by atoms with Gasteiger partial charge in [-0.2, -0.15) is 0 Å². The van der Waals surface area contributed by atoms with Crippen molar-refractivity contribution in [3.63, 3.8) is 0 Å². The van der Waals surface area contributed by atoms with Crippen LogP contribution in [0.25, 0.3) is 10.1 Å². The number of Topliss-reactive ketones (excluding diaryl/α,β-unsaturated/α-hetero) is 1. The zero-order chi connectivity index (χ0) is 11.0. The van der Waals surface area contributed by atoms with Crippen molar-refractivity contribution in [3.8, 4) is 0 Å². The fourth-order valence-corrected chi connectivity index (χ4v) is 3.51. The van der Waals surface area contributed by atoms with Gasteiger partial charge in [0.25, 0.3) is 0 Å². The molecule has 0 radical (unpaired) electrons. The highest BCUT2D eigenvalue weighted by Crippen LogP contribution is 2.32. The Hall–Kier alpha value is -1.15. The maximum Gasteiger partial charge on any atom is 0.167 e. The van der Waals surface area contributed by atoms with Gasteiger partial charge in [-0.15, -0.1) is 11.3 Å². The standard InChI is InChI=1S/C14H14OS/c15-13(10-4-1-2-5-10)12-7-3-6-11-8-9-16-14(11)12/h3,6-10H,1-2,4-5H2. The van der Waals surface area contributed by atoms with Crippen molar-refractivity contribution in [2.24, 2.45) is 5.92 Å². The van der Waals surface area contributed by atoms with Crippen molar-refractivity contribution in [2.45, 2.75) is 25.7 Å². The van der Waals surface area contributed by atoms with Gasteiger partial charge in [-0.25, -0.2) is 0 Å². The number of carbonyl (C=O) groups is 1. The third-order valence-electron chi connectivity index (χ3n) is 3.47. The molecule has 1 fully saturated rings. The third kappa shape index (κ3) is 1.57. The fourth-order valence-electron chi connectivity index (χ4n) is 2.59. The predicted octanol–water partition coefficient (Wildman–Crippen LogP) is 4.27. The van der Waals surface area contributed by atoms with Crippen LogP contribution in [0, 0.1) is 5.92 Å². The largest absolute Gasteiger partial charge is 0.294 e. The molecule has 3 rings (SSSR count). The van der Waals surface area contributed by atoms with E-state index in [-0.39, 0.29) is 5.92 Å². The van der Waals surface area contributed by atoms with Crippen LogP contribution in [-0.4, -0.2) is 5.78 Å². The average Bonchev–Trinajstić information content (AvgIpc) is 2.98. The van der Waals surface area contributed by atoms with Crippen LogP contribution in [0.15, 0.2) is 29.6 Å². The zero-order valence-electron chi connectivity index (χ0n) is 9.11. The Balaban J connectivity index is 2.04. The molecule has 0 atom stereocenters. The minimum atomic E-state index is 0.285. The monoisotopic (exact) mass is 230 g/mol. The molecule has 0 aliphatic heterocycles. The van der Waals surface area contributed by atoms with E-state index in [0.717, 1.165) is 18.4 Å². The maximum atomic E-state index is 12.4. The van der Waals surface area contributed by atoms with Crippen molar-refractivity contribution in [3.05, 3.63) is 35.2 Å². The first-order valence-electron chi connectivity index (χ1n) is 5.87. The molecule has 2 heteroatoms. The normalized spacial score (nSPS) is 17.0. The molecule has 1 aromatic carbocycles. The smallest absolute Gasteiger partial charge is 0.167 e. The molecule has 1 heterocycles. The van der Waals surface area contributed by atoms with Crippen molar-refractivity contribution in [2.75, 3.05) is 0 Å². The van der Waals surface area contributed by atoms with Gasteiger partial charge < -0.3 is 0 Å². The average molecular weight is 230 g/mol. The number of benzene rings is 1. The number of ketones is 1. The highest BCUT2D eigenvalue weighted by atomic mass is 32.1. The molecule has 0 saturated heterocycles. The Morgan fingerprint density at radius 1 is 1.19 bits per heavy atom. The van der Waals surface area contributed by atoms with E-state index in [0.29, 0.717) is 5.78 Å². The van der Waals surface area contributed by atoms with Crippen LogP contribution >= 0.6 is 11.3 Å². The molecule has 1 nitrogen and oxygen atoms in total. The number of hydrogen-bond donors (Lipinski definition) is 0. The van der Waals surface area contributed by atoms with Gasteiger partial charge in [-0.3, -0.25) is 4.79 Å². The molecule has 0 amide bonds. The van der Waals surface area contributed by atoms with Crippen molar-refractivity contribution in [1.82, 2.24) is 0 Å². The number of rotatable bonds is 2. The van der Waals surface area contributed by atoms with Gasteiger partial charge in [0.1, 0.15) is 0 Å². The second-order valence-corrected chi connectivity index (χ2v) is 5.41. The van der Waals surface area contributed by atoms with Crippen LogP contribution in [0.1, 0.15) is 36.0 Å². The molecule has 1 aromatic heterocycles. The summed E-state index contributed by atoms with van der Waals surface area (Å²) in [6, 6.07) is 8.15. The Labute approximate surface area is 99.1 Å². The molecule has 1 aliphatic carbocycles. The fraction of sp³-hybridized carbons (Fsp3) is 0.357. The van der Waals surface area contributed by atoms with E-state index in [1.165, 1.54) is 22.9 Å². The molecule has 1 aliphatic rings. The summed E-state index contributed by atoms with van der Waals surface area (Å²) >= 11 is 1.68. The number of thiophene rings is 1. The summed E-state index contributed by atoms with van der Waals surface area (Å²) in [6.07, 6.45) is 4.61. The molecule has 0 unspecified atom stereocenters. The van der Waals surface area contributed by atoms with Gasteiger partial charge in [0.05, 0.1) is 0 Å². The van der Waals surface area contributed by atoms with Gasteiger partial charge in [-0.1, -0.05) is 25.0 Å². The minimum Gasteiger partial charge on any atom is -0.294 e. The van der Waals surface area contributed by atoms with E-state index in [4.69, 9.17) is 0 Å². The van der Waals surface area contributed by atoms with Gasteiger partial charge in [0.2, 0.25) is 0 Å². The van der Waals surface area contributed by atoms with Crippen LogP contribution in [-0.2, 0) is 0 Å². The molecule has 0 N–H and O–H groups in total. The molecule has 0 spiro atoms. The van der Waals surface area contributed by atoms with Crippen molar-refractivity contribution >= 4 is 27.2 Å². The van der Waals surface area contributed by atoms with E-state index in [1.54, 1.807) is 11.3 Å². The first kappa shape index (κ1) is 10.0. The molecule has 0 bridgehead atoms. The molecular weight excluding hydrogens is 216 g/mol. The van der Waals surface area contributed by atoms with E-state index in [9.17, 15) is 4.79 Å². The SMILES string of the molecule is O=C(c1cccc2ccsc12)C1CCCC1. The summed E-state index contributed by atoms with van der Waals surface area (Å²) in [5, 5.41) is 3.27. The minimum absolute atomic E-state index is 0.285. The third-order valence-corrected chi connectivity index (χ3v) is 4.43. The topological polar surface area (TPSA) is 17.1 Å². The van der Waals surface area contributed by atoms with E-state index in [1.807, 2.05) is 12.1 Å². The van der Waals surface area contributed by atoms with Crippen molar-refractivity contribution < 1.29 is 4.79 Å². The Kier molecular flexibility index (Phi) is 2.52. The van der Waals surface area contributed by atoms with Gasteiger partial charge in [0.15, 0.2) is 5.78 Å². The van der Waals surface area contributed by atoms with Crippen LogP contribution in [0.3, 0.4) is 0 Å². The number of hydrogen-bond acceptors (Lipinski definition) is 2. The Morgan fingerprint density at radius 2 is 2.00 bits per heavy atom. The van der Waals surface area contributed by atoms with E-state index >= 15 is 0 Å². The first-order chi connectivity index (χ1) is 7.86. The van der Waals surface area contributed by atoms with Gasteiger partial charge in [-0.05, 0) is 35.7 Å². The second-order valence-electron chi connectivity index (χ2n) is 4.49. The molecule has 2 aromatic rings. The summed E-state index contributed by atoms with van der Waals surface area (Å²) in [7, 11) is 0. The first-order valence-corrected chi connectivity index (χ1v) is 6.74. The lowest BCUT2D eigenvalue weighted by atomic mass is 9.96. The Morgan fingerprint density at radius 3 is 2.81 bits per heavy atom. The van der Waals surface area contributed by atoms with Crippen LogP contribution in [0.2, 0.25) is 0 Å². The lowest BCUT2D eigenvalue weighted by molar-refractivity contribution is 0.0925. The quantitative estimate of drug-likeness (QED) is 0.704. The van der Waals surface area contributed by atoms with Crippen LogP contribution in [0.5, 0.6) is 0 Å². The van der Waals surface area contributed by atoms with Crippen LogP contribution in [0.4, 0.5) is 0 Å². The molecule has 82 valence electrons. The summed E-state index contributed by atoms with van der Waals surface area (Å²) < 4.78 is 1.17. The van der Waals surface area contributed by atoms with Crippen LogP contribution < -0.4 is 0 Å². The lowest BCUT2D eigenvalue weighted by Crippen LogP contribution is -2.10. The Bertz CT molecular complexity index is 520. The molecule has 1 saturated carbocycles. The number of fused-ring (bicyclic) bond motifs is 1. The molecular formula is C14H14OS. The highest BCUT2D eigenvalue weighted by Gasteiger charge is 2.25. The highest BCUT2D eigenvalue weighted by molar-refractivity contribution is 7.17. The zero-order valence-corrected chi connectivity index (χ0v) is 9.93.